The Morgan fingerprint density at radius 2 is 2.17 bits per heavy atom. The first-order chi connectivity index (χ1) is 8.81. The predicted molar refractivity (Wildman–Crippen MR) is 73.9 cm³/mol. The second-order valence-electron chi connectivity index (χ2n) is 4.92. The Labute approximate surface area is 109 Å². The third-order valence-corrected chi connectivity index (χ3v) is 3.48. The second kappa shape index (κ2) is 6.55. The minimum atomic E-state index is 0.0326. The summed E-state index contributed by atoms with van der Waals surface area (Å²) in [7, 11) is 0. The number of carbonyl (C=O) groups is 1. The second-order valence-corrected chi connectivity index (χ2v) is 4.92. The molecule has 1 fully saturated rings. The van der Waals surface area contributed by atoms with Crippen LogP contribution < -0.4 is 10.6 Å². The van der Waals surface area contributed by atoms with Gasteiger partial charge in [0, 0.05) is 18.7 Å². The van der Waals surface area contributed by atoms with Crippen molar-refractivity contribution in [3.05, 3.63) is 35.4 Å². The molecule has 0 aromatic heterocycles. The van der Waals surface area contributed by atoms with E-state index in [1.807, 2.05) is 12.1 Å². The lowest BCUT2D eigenvalue weighted by atomic mass is 9.91. The third kappa shape index (κ3) is 3.33. The van der Waals surface area contributed by atoms with Crippen molar-refractivity contribution in [2.75, 3.05) is 19.6 Å². The third-order valence-electron chi connectivity index (χ3n) is 3.48. The van der Waals surface area contributed by atoms with Crippen molar-refractivity contribution in [3.8, 4) is 0 Å². The van der Waals surface area contributed by atoms with Gasteiger partial charge >= 0.3 is 0 Å². The van der Waals surface area contributed by atoms with E-state index in [1.54, 1.807) is 0 Å². The van der Waals surface area contributed by atoms with Crippen molar-refractivity contribution >= 4 is 5.91 Å². The van der Waals surface area contributed by atoms with E-state index in [1.165, 1.54) is 18.4 Å². The molecule has 0 saturated carbocycles. The zero-order valence-electron chi connectivity index (χ0n) is 11.0. The highest BCUT2D eigenvalue weighted by atomic mass is 16.1. The van der Waals surface area contributed by atoms with Gasteiger partial charge in [-0.05, 0) is 49.4 Å². The van der Waals surface area contributed by atoms with Gasteiger partial charge in [0.05, 0.1) is 0 Å². The van der Waals surface area contributed by atoms with Gasteiger partial charge in [0.2, 0.25) is 0 Å². The van der Waals surface area contributed by atoms with Gasteiger partial charge in [0.15, 0.2) is 0 Å². The minimum Gasteiger partial charge on any atom is -0.352 e. The van der Waals surface area contributed by atoms with Crippen LogP contribution in [0.3, 0.4) is 0 Å². The number of carbonyl (C=O) groups excluding carboxylic acids is 1. The Hall–Kier alpha value is -1.35. The van der Waals surface area contributed by atoms with Crippen molar-refractivity contribution in [3.63, 3.8) is 0 Å². The highest BCUT2D eigenvalue weighted by Gasteiger charge is 2.15. The summed E-state index contributed by atoms with van der Waals surface area (Å²) < 4.78 is 0. The van der Waals surface area contributed by atoms with Crippen LogP contribution in [0.4, 0.5) is 0 Å². The fourth-order valence-corrected chi connectivity index (χ4v) is 2.38. The molecule has 1 unspecified atom stereocenters. The first-order valence-electron chi connectivity index (χ1n) is 6.90. The van der Waals surface area contributed by atoms with E-state index in [2.05, 4.69) is 29.7 Å². The van der Waals surface area contributed by atoms with Gasteiger partial charge in [0.25, 0.3) is 5.91 Å². The molecule has 1 atom stereocenters. The lowest BCUT2D eigenvalue weighted by Crippen LogP contribution is -2.28. The van der Waals surface area contributed by atoms with E-state index in [0.717, 1.165) is 31.6 Å². The molecule has 0 spiro atoms. The summed E-state index contributed by atoms with van der Waals surface area (Å²) in [5, 5.41) is 6.32. The fourth-order valence-electron chi connectivity index (χ4n) is 2.38. The Bertz CT molecular complexity index is 380. The van der Waals surface area contributed by atoms with Crippen molar-refractivity contribution < 1.29 is 4.79 Å². The van der Waals surface area contributed by atoms with E-state index in [0.29, 0.717) is 5.92 Å². The largest absolute Gasteiger partial charge is 0.352 e. The van der Waals surface area contributed by atoms with Crippen LogP contribution in [0.1, 0.15) is 48.0 Å². The van der Waals surface area contributed by atoms with Gasteiger partial charge in [-0.25, -0.2) is 0 Å². The number of nitrogens with one attached hydrogen (secondary N) is 2. The van der Waals surface area contributed by atoms with Crippen LogP contribution in [0.25, 0.3) is 0 Å². The highest BCUT2D eigenvalue weighted by molar-refractivity contribution is 5.94. The van der Waals surface area contributed by atoms with Gasteiger partial charge < -0.3 is 10.6 Å². The molecule has 98 valence electrons. The maximum Gasteiger partial charge on any atom is 0.251 e. The topological polar surface area (TPSA) is 41.1 Å². The summed E-state index contributed by atoms with van der Waals surface area (Å²) >= 11 is 0. The van der Waals surface area contributed by atoms with E-state index < -0.39 is 0 Å². The Morgan fingerprint density at radius 3 is 2.78 bits per heavy atom. The lowest BCUT2D eigenvalue weighted by Gasteiger charge is -2.23. The molecule has 1 amide bonds. The summed E-state index contributed by atoms with van der Waals surface area (Å²) in [5.41, 5.74) is 2.10. The van der Waals surface area contributed by atoms with Crippen molar-refractivity contribution in [1.82, 2.24) is 10.6 Å². The number of benzene rings is 1. The highest BCUT2D eigenvalue weighted by Crippen LogP contribution is 2.23. The van der Waals surface area contributed by atoms with E-state index in [4.69, 9.17) is 0 Å². The Balaban J connectivity index is 1.98. The van der Waals surface area contributed by atoms with Crippen LogP contribution in [0.5, 0.6) is 0 Å². The van der Waals surface area contributed by atoms with Gasteiger partial charge in [-0.1, -0.05) is 19.1 Å². The quantitative estimate of drug-likeness (QED) is 0.856. The van der Waals surface area contributed by atoms with Crippen molar-refractivity contribution in [2.24, 2.45) is 0 Å². The molecule has 3 nitrogen and oxygen atoms in total. The van der Waals surface area contributed by atoms with Crippen LogP contribution >= 0.6 is 0 Å². The molecular weight excluding hydrogens is 224 g/mol. The molecule has 1 aromatic carbocycles. The first kappa shape index (κ1) is 13.1. The summed E-state index contributed by atoms with van der Waals surface area (Å²) in [6, 6.07) is 8.07. The van der Waals surface area contributed by atoms with Crippen LogP contribution in [-0.2, 0) is 0 Å². The van der Waals surface area contributed by atoms with Crippen molar-refractivity contribution in [1.29, 1.82) is 0 Å². The van der Waals surface area contributed by atoms with Crippen molar-refractivity contribution in [2.45, 2.75) is 32.1 Å². The maximum absolute atomic E-state index is 11.8. The molecule has 1 aliphatic heterocycles. The zero-order valence-corrected chi connectivity index (χ0v) is 11.0. The van der Waals surface area contributed by atoms with Crippen LogP contribution in [-0.4, -0.2) is 25.5 Å². The van der Waals surface area contributed by atoms with Crippen LogP contribution in [0.15, 0.2) is 24.3 Å². The molecule has 0 aliphatic carbocycles. The van der Waals surface area contributed by atoms with Gasteiger partial charge in [0.1, 0.15) is 0 Å². The van der Waals surface area contributed by atoms with Crippen LogP contribution in [0.2, 0.25) is 0 Å². The maximum atomic E-state index is 11.8. The molecule has 1 heterocycles. The summed E-state index contributed by atoms with van der Waals surface area (Å²) in [4.78, 5) is 11.8. The molecule has 0 bridgehead atoms. The first-order valence-corrected chi connectivity index (χ1v) is 6.90. The molecule has 2 N–H and O–H groups in total. The molecule has 1 aliphatic rings. The lowest BCUT2D eigenvalue weighted by molar-refractivity contribution is 0.0953. The minimum absolute atomic E-state index is 0.0326. The number of hydrogen-bond donors (Lipinski definition) is 2. The average molecular weight is 246 g/mol. The van der Waals surface area contributed by atoms with E-state index >= 15 is 0 Å². The Kier molecular flexibility index (Phi) is 4.76. The number of amides is 1. The monoisotopic (exact) mass is 246 g/mol. The van der Waals surface area contributed by atoms with Gasteiger partial charge in [-0.3, -0.25) is 4.79 Å². The molecule has 3 heteroatoms. The molecule has 2 rings (SSSR count). The zero-order chi connectivity index (χ0) is 12.8. The standard InChI is InChI=1S/C15H22N2O/c1-2-9-17-15(18)13-7-5-12(6-8-13)14-4-3-10-16-11-14/h5-8,14,16H,2-4,9-11H2,1H3,(H,17,18). The molecule has 1 aromatic rings. The average Bonchev–Trinajstić information content (AvgIpc) is 2.46. The molecule has 0 radical (unpaired) electrons. The molecule has 18 heavy (non-hydrogen) atoms. The SMILES string of the molecule is CCCNC(=O)c1ccc(C2CCCNC2)cc1. The van der Waals surface area contributed by atoms with Gasteiger partial charge in [-0.15, -0.1) is 0 Å². The van der Waals surface area contributed by atoms with Crippen LogP contribution in [0, 0.1) is 0 Å². The number of hydrogen-bond acceptors (Lipinski definition) is 2. The normalized spacial score (nSPS) is 19.5. The summed E-state index contributed by atoms with van der Waals surface area (Å²) in [5.74, 6) is 0.636. The Morgan fingerprint density at radius 1 is 1.39 bits per heavy atom. The molecular formula is C15H22N2O. The number of piperidine rings is 1. The molecule has 1 saturated heterocycles. The predicted octanol–water partition coefficient (Wildman–Crippen LogP) is 2.29. The van der Waals surface area contributed by atoms with E-state index in [-0.39, 0.29) is 5.91 Å². The smallest absolute Gasteiger partial charge is 0.251 e. The fraction of sp³-hybridized carbons (Fsp3) is 0.533. The summed E-state index contributed by atoms with van der Waals surface area (Å²) in [6.45, 7) is 4.99. The summed E-state index contributed by atoms with van der Waals surface area (Å²) in [6.07, 6.45) is 3.45. The van der Waals surface area contributed by atoms with E-state index in [9.17, 15) is 4.79 Å². The number of rotatable bonds is 4. The van der Waals surface area contributed by atoms with Gasteiger partial charge in [-0.2, -0.15) is 0 Å².